The van der Waals surface area contributed by atoms with Crippen molar-refractivity contribution in [3.8, 4) is 0 Å². The predicted molar refractivity (Wildman–Crippen MR) is 73.8 cm³/mol. The first-order valence-electron chi connectivity index (χ1n) is 6.04. The van der Waals surface area contributed by atoms with E-state index in [2.05, 4.69) is 0 Å². The van der Waals surface area contributed by atoms with E-state index in [1.807, 2.05) is 36.4 Å². The Kier molecular flexibility index (Phi) is 2.84. The highest BCUT2D eigenvalue weighted by molar-refractivity contribution is 6.16. The van der Waals surface area contributed by atoms with Crippen LogP contribution in [0.15, 0.2) is 66.7 Å². The van der Waals surface area contributed by atoms with E-state index in [9.17, 15) is 9.18 Å². The maximum Gasteiger partial charge on any atom is 0.193 e. The standard InChI is InChI=1S/C17H11FO/c18-14-8-3-7-13(11-14)17(19)16-10-4-6-12-5-1-2-9-15(12)16/h1-11H. The number of rotatable bonds is 2. The molecule has 0 bridgehead atoms. The van der Waals surface area contributed by atoms with E-state index in [1.165, 1.54) is 12.1 Å². The summed E-state index contributed by atoms with van der Waals surface area (Å²) in [5.74, 6) is -0.553. The molecule has 2 heteroatoms. The lowest BCUT2D eigenvalue weighted by Crippen LogP contribution is -2.02. The minimum absolute atomic E-state index is 0.156. The Morgan fingerprint density at radius 2 is 1.58 bits per heavy atom. The fourth-order valence-corrected chi connectivity index (χ4v) is 2.21. The molecule has 0 heterocycles. The zero-order chi connectivity index (χ0) is 13.2. The number of halogens is 1. The van der Waals surface area contributed by atoms with Gasteiger partial charge in [-0.3, -0.25) is 4.79 Å². The van der Waals surface area contributed by atoms with Gasteiger partial charge >= 0.3 is 0 Å². The molecule has 3 aromatic carbocycles. The van der Waals surface area contributed by atoms with Gasteiger partial charge < -0.3 is 0 Å². The molecule has 0 amide bonds. The average Bonchev–Trinajstić information content (AvgIpc) is 2.46. The Balaban J connectivity index is 2.17. The van der Waals surface area contributed by atoms with Crippen LogP contribution in [0.3, 0.4) is 0 Å². The van der Waals surface area contributed by atoms with E-state index in [0.717, 1.165) is 10.8 Å². The van der Waals surface area contributed by atoms with E-state index in [0.29, 0.717) is 11.1 Å². The summed E-state index contributed by atoms with van der Waals surface area (Å²) in [6.07, 6.45) is 0. The summed E-state index contributed by atoms with van der Waals surface area (Å²) in [6.45, 7) is 0. The second kappa shape index (κ2) is 4.65. The van der Waals surface area contributed by atoms with Gasteiger partial charge in [0, 0.05) is 11.1 Å². The summed E-state index contributed by atoms with van der Waals surface area (Å²) in [4.78, 5) is 12.4. The van der Waals surface area contributed by atoms with Crippen molar-refractivity contribution in [2.75, 3.05) is 0 Å². The molecule has 3 aromatic rings. The van der Waals surface area contributed by atoms with Crippen LogP contribution < -0.4 is 0 Å². The summed E-state index contributed by atoms with van der Waals surface area (Å²) in [5.41, 5.74) is 0.972. The Bertz CT molecular complexity index is 757. The molecule has 1 nitrogen and oxygen atoms in total. The summed E-state index contributed by atoms with van der Waals surface area (Å²) < 4.78 is 13.2. The van der Waals surface area contributed by atoms with Crippen LogP contribution in [0.1, 0.15) is 15.9 Å². The highest BCUT2D eigenvalue weighted by Crippen LogP contribution is 2.21. The van der Waals surface area contributed by atoms with E-state index in [-0.39, 0.29) is 5.78 Å². The molecule has 0 saturated carbocycles. The first-order valence-corrected chi connectivity index (χ1v) is 6.04. The van der Waals surface area contributed by atoms with Crippen molar-refractivity contribution in [1.82, 2.24) is 0 Å². The Hall–Kier alpha value is -2.48. The minimum atomic E-state index is -0.397. The molecule has 0 fully saturated rings. The molecule has 0 spiro atoms. The van der Waals surface area contributed by atoms with Crippen molar-refractivity contribution in [3.05, 3.63) is 83.7 Å². The number of fused-ring (bicyclic) bond motifs is 1. The van der Waals surface area contributed by atoms with Crippen LogP contribution in [0, 0.1) is 5.82 Å². The number of benzene rings is 3. The molecule has 0 aliphatic carbocycles. The molecule has 3 rings (SSSR count). The zero-order valence-corrected chi connectivity index (χ0v) is 10.1. The van der Waals surface area contributed by atoms with Gasteiger partial charge in [0.05, 0.1) is 0 Å². The summed E-state index contributed by atoms with van der Waals surface area (Å²) >= 11 is 0. The highest BCUT2D eigenvalue weighted by Gasteiger charge is 2.12. The van der Waals surface area contributed by atoms with Crippen LogP contribution >= 0.6 is 0 Å². The number of ketones is 1. The molecule has 0 aliphatic heterocycles. The fourth-order valence-electron chi connectivity index (χ4n) is 2.21. The van der Waals surface area contributed by atoms with Gasteiger partial charge in [0.15, 0.2) is 5.78 Å². The lowest BCUT2D eigenvalue weighted by molar-refractivity contribution is 0.104. The van der Waals surface area contributed by atoms with Gasteiger partial charge in [-0.25, -0.2) is 4.39 Å². The third-order valence-electron chi connectivity index (χ3n) is 3.12. The molecule has 0 aliphatic rings. The van der Waals surface area contributed by atoms with E-state index < -0.39 is 5.82 Å². The number of hydrogen-bond acceptors (Lipinski definition) is 1. The quantitative estimate of drug-likeness (QED) is 0.623. The van der Waals surface area contributed by atoms with Crippen molar-refractivity contribution in [2.24, 2.45) is 0 Å². The smallest absolute Gasteiger partial charge is 0.193 e. The topological polar surface area (TPSA) is 17.1 Å². The maximum absolute atomic E-state index is 13.2. The van der Waals surface area contributed by atoms with Gasteiger partial charge in [0.1, 0.15) is 5.82 Å². The van der Waals surface area contributed by atoms with Crippen LogP contribution in [0.5, 0.6) is 0 Å². The molecule has 0 aromatic heterocycles. The molecule has 0 radical (unpaired) electrons. The molecule has 0 N–H and O–H groups in total. The molecular formula is C17H11FO. The van der Waals surface area contributed by atoms with Crippen LogP contribution in [-0.2, 0) is 0 Å². The van der Waals surface area contributed by atoms with Gasteiger partial charge in [-0.2, -0.15) is 0 Å². The third kappa shape index (κ3) is 2.13. The maximum atomic E-state index is 13.2. The van der Waals surface area contributed by atoms with Crippen molar-refractivity contribution < 1.29 is 9.18 Å². The molecule has 0 atom stereocenters. The second-order valence-electron chi connectivity index (χ2n) is 4.37. The monoisotopic (exact) mass is 250 g/mol. The van der Waals surface area contributed by atoms with Gasteiger partial charge in [-0.15, -0.1) is 0 Å². The van der Waals surface area contributed by atoms with E-state index in [4.69, 9.17) is 0 Å². The fraction of sp³-hybridized carbons (Fsp3) is 0. The Morgan fingerprint density at radius 3 is 2.42 bits per heavy atom. The summed E-state index contributed by atoms with van der Waals surface area (Å²) in [6, 6.07) is 19.0. The van der Waals surface area contributed by atoms with E-state index >= 15 is 0 Å². The lowest BCUT2D eigenvalue weighted by atomic mass is 9.97. The molecule has 0 saturated heterocycles. The van der Waals surface area contributed by atoms with Crippen LogP contribution in [0.2, 0.25) is 0 Å². The first-order chi connectivity index (χ1) is 9.25. The average molecular weight is 250 g/mol. The number of carbonyl (C=O) groups excluding carboxylic acids is 1. The van der Waals surface area contributed by atoms with Crippen LogP contribution in [0.4, 0.5) is 4.39 Å². The Morgan fingerprint density at radius 1 is 0.842 bits per heavy atom. The lowest BCUT2D eigenvalue weighted by Gasteiger charge is -2.05. The van der Waals surface area contributed by atoms with Gasteiger partial charge in [0.2, 0.25) is 0 Å². The molecular weight excluding hydrogens is 239 g/mol. The van der Waals surface area contributed by atoms with Crippen LogP contribution in [0.25, 0.3) is 10.8 Å². The van der Waals surface area contributed by atoms with E-state index in [1.54, 1.807) is 18.2 Å². The van der Waals surface area contributed by atoms with Crippen molar-refractivity contribution in [1.29, 1.82) is 0 Å². The largest absolute Gasteiger partial charge is 0.289 e. The SMILES string of the molecule is O=C(c1cccc(F)c1)c1cccc2ccccc12. The normalized spacial score (nSPS) is 10.6. The minimum Gasteiger partial charge on any atom is -0.289 e. The van der Waals surface area contributed by atoms with Crippen molar-refractivity contribution >= 4 is 16.6 Å². The highest BCUT2D eigenvalue weighted by atomic mass is 19.1. The number of carbonyl (C=O) groups is 1. The third-order valence-corrected chi connectivity index (χ3v) is 3.12. The van der Waals surface area contributed by atoms with Crippen LogP contribution in [-0.4, -0.2) is 5.78 Å². The first kappa shape index (κ1) is 11.6. The van der Waals surface area contributed by atoms with Crippen molar-refractivity contribution in [2.45, 2.75) is 0 Å². The summed E-state index contributed by atoms with van der Waals surface area (Å²) in [7, 11) is 0. The van der Waals surface area contributed by atoms with Gasteiger partial charge in [-0.1, -0.05) is 54.6 Å². The zero-order valence-electron chi connectivity index (χ0n) is 10.1. The van der Waals surface area contributed by atoms with Crippen molar-refractivity contribution in [3.63, 3.8) is 0 Å². The molecule has 19 heavy (non-hydrogen) atoms. The van der Waals surface area contributed by atoms with Gasteiger partial charge in [0.25, 0.3) is 0 Å². The molecule has 0 unspecified atom stereocenters. The molecule has 92 valence electrons. The van der Waals surface area contributed by atoms with Gasteiger partial charge in [-0.05, 0) is 22.9 Å². The second-order valence-corrected chi connectivity index (χ2v) is 4.37. The number of hydrogen-bond donors (Lipinski definition) is 0. The predicted octanol–water partition coefficient (Wildman–Crippen LogP) is 4.21. The Labute approximate surface area is 110 Å². The summed E-state index contributed by atoms with van der Waals surface area (Å²) in [5, 5.41) is 1.89.